The van der Waals surface area contributed by atoms with Crippen LogP contribution in [0.2, 0.25) is 0 Å². The lowest BCUT2D eigenvalue weighted by molar-refractivity contribution is -0.131. The Morgan fingerprint density at radius 3 is 2.61 bits per heavy atom. The SMILES string of the molecule is C=CC(=O)N1[C@@H]2C[C@H]3CC[C@]2(C(=O)N1c1ccccc1)C3(C)C. The van der Waals surface area contributed by atoms with Crippen molar-refractivity contribution in [1.82, 2.24) is 5.01 Å². The summed E-state index contributed by atoms with van der Waals surface area (Å²) in [5.74, 6) is 0.399. The number of nitrogens with zero attached hydrogens (tertiary/aromatic N) is 2. The van der Waals surface area contributed by atoms with E-state index in [4.69, 9.17) is 0 Å². The molecule has 1 aromatic carbocycles. The van der Waals surface area contributed by atoms with Crippen LogP contribution in [0.1, 0.15) is 33.1 Å². The van der Waals surface area contributed by atoms with Crippen molar-refractivity contribution in [2.45, 2.75) is 39.2 Å². The molecule has 3 aliphatic rings. The van der Waals surface area contributed by atoms with E-state index >= 15 is 0 Å². The monoisotopic (exact) mass is 310 g/mol. The maximum Gasteiger partial charge on any atom is 0.265 e. The second-order valence-corrected chi connectivity index (χ2v) is 7.52. The summed E-state index contributed by atoms with van der Waals surface area (Å²) in [6, 6.07) is 9.44. The van der Waals surface area contributed by atoms with E-state index in [1.54, 1.807) is 10.0 Å². The van der Waals surface area contributed by atoms with Gasteiger partial charge < -0.3 is 0 Å². The zero-order valence-electron chi connectivity index (χ0n) is 13.7. The van der Waals surface area contributed by atoms with Crippen molar-refractivity contribution in [3.63, 3.8) is 0 Å². The first-order chi connectivity index (χ1) is 10.9. The summed E-state index contributed by atoms with van der Waals surface area (Å²) in [6.45, 7) is 8.04. The number of fused-ring (bicyclic) bond motifs is 1. The molecular formula is C19H22N2O2. The molecular weight excluding hydrogens is 288 g/mol. The van der Waals surface area contributed by atoms with Gasteiger partial charge in [0.15, 0.2) is 0 Å². The van der Waals surface area contributed by atoms with E-state index in [1.807, 2.05) is 30.3 Å². The zero-order valence-corrected chi connectivity index (χ0v) is 13.7. The molecule has 0 unspecified atom stereocenters. The van der Waals surface area contributed by atoms with E-state index < -0.39 is 5.41 Å². The number of benzene rings is 1. The van der Waals surface area contributed by atoms with Crippen LogP contribution >= 0.6 is 0 Å². The quantitative estimate of drug-likeness (QED) is 0.787. The van der Waals surface area contributed by atoms with Crippen LogP contribution in [0.25, 0.3) is 0 Å². The summed E-state index contributed by atoms with van der Waals surface area (Å²) >= 11 is 0. The lowest BCUT2D eigenvalue weighted by Crippen LogP contribution is -2.46. The second-order valence-electron chi connectivity index (χ2n) is 7.52. The molecule has 1 aliphatic heterocycles. The van der Waals surface area contributed by atoms with E-state index in [0.717, 1.165) is 24.9 Å². The third-order valence-electron chi connectivity index (χ3n) is 6.62. The van der Waals surface area contributed by atoms with Crippen molar-refractivity contribution in [3.8, 4) is 0 Å². The lowest BCUT2D eigenvalue weighted by Gasteiger charge is -2.34. The highest BCUT2D eigenvalue weighted by molar-refractivity contribution is 6.06. The van der Waals surface area contributed by atoms with E-state index in [2.05, 4.69) is 20.4 Å². The fourth-order valence-electron chi connectivity index (χ4n) is 5.34. The van der Waals surface area contributed by atoms with Crippen LogP contribution in [-0.4, -0.2) is 22.9 Å². The average molecular weight is 310 g/mol. The van der Waals surface area contributed by atoms with E-state index in [-0.39, 0.29) is 23.3 Å². The number of para-hydroxylation sites is 1. The molecule has 1 saturated heterocycles. The Kier molecular flexibility index (Phi) is 2.81. The van der Waals surface area contributed by atoms with Crippen LogP contribution in [0.5, 0.6) is 0 Å². The van der Waals surface area contributed by atoms with Gasteiger partial charge in [-0.25, -0.2) is 10.0 Å². The van der Waals surface area contributed by atoms with Crippen LogP contribution in [0, 0.1) is 16.7 Å². The number of anilines is 1. The van der Waals surface area contributed by atoms with E-state index in [0.29, 0.717) is 5.92 Å². The van der Waals surface area contributed by atoms with Crippen LogP contribution in [-0.2, 0) is 9.59 Å². The fraction of sp³-hybridized carbons (Fsp3) is 0.474. The Bertz CT molecular complexity index is 697. The molecule has 1 heterocycles. The molecule has 0 aromatic heterocycles. The molecule has 1 spiro atoms. The fourth-order valence-corrected chi connectivity index (χ4v) is 5.34. The minimum atomic E-state index is -0.452. The number of hydrogen-bond donors (Lipinski definition) is 0. The Hall–Kier alpha value is -2.10. The Morgan fingerprint density at radius 2 is 2.00 bits per heavy atom. The van der Waals surface area contributed by atoms with E-state index in [9.17, 15) is 9.59 Å². The lowest BCUT2D eigenvalue weighted by atomic mass is 9.67. The van der Waals surface area contributed by atoms with Gasteiger partial charge in [-0.05, 0) is 48.8 Å². The predicted molar refractivity (Wildman–Crippen MR) is 88.3 cm³/mol. The summed E-state index contributed by atoms with van der Waals surface area (Å²) in [5, 5.41) is 3.28. The minimum Gasteiger partial charge on any atom is -0.272 e. The van der Waals surface area contributed by atoms with Gasteiger partial charge in [0.05, 0.1) is 17.1 Å². The average Bonchev–Trinajstić information content (AvgIpc) is 3.07. The molecule has 4 heteroatoms. The molecule has 3 fully saturated rings. The minimum absolute atomic E-state index is 0.0468. The molecule has 3 atom stereocenters. The molecule has 1 aromatic rings. The van der Waals surface area contributed by atoms with Gasteiger partial charge in [-0.15, -0.1) is 0 Å². The first-order valence-corrected chi connectivity index (χ1v) is 8.30. The van der Waals surface area contributed by atoms with Gasteiger partial charge in [0.25, 0.3) is 11.8 Å². The van der Waals surface area contributed by atoms with Crippen molar-refractivity contribution in [2.24, 2.45) is 16.7 Å². The smallest absolute Gasteiger partial charge is 0.265 e. The highest BCUT2D eigenvalue weighted by atomic mass is 16.2. The van der Waals surface area contributed by atoms with Gasteiger partial charge in [0, 0.05) is 0 Å². The number of hydrogen-bond acceptors (Lipinski definition) is 2. The molecule has 4 nitrogen and oxygen atoms in total. The van der Waals surface area contributed by atoms with Crippen LogP contribution in [0.3, 0.4) is 0 Å². The van der Waals surface area contributed by atoms with Crippen LogP contribution < -0.4 is 5.01 Å². The summed E-state index contributed by atoms with van der Waals surface area (Å²) < 4.78 is 0. The van der Waals surface area contributed by atoms with Crippen molar-refractivity contribution in [2.75, 3.05) is 5.01 Å². The number of carbonyl (C=O) groups excluding carboxylic acids is 2. The molecule has 2 saturated carbocycles. The number of amides is 2. The van der Waals surface area contributed by atoms with Crippen molar-refractivity contribution >= 4 is 17.5 Å². The third kappa shape index (κ3) is 1.51. The molecule has 2 amide bonds. The molecule has 2 aliphatic carbocycles. The molecule has 0 N–H and O–H groups in total. The topological polar surface area (TPSA) is 40.6 Å². The normalized spacial score (nSPS) is 33.9. The summed E-state index contributed by atoms with van der Waals surface area (Å²) in [6.07, 6.45) is 4.18. The largest absolute Gasteiger partial charge is 0.272 e. The maximum absolute atomic E-state index is 13.5. The third-order valence-corrected chi connectivity index (χ3v) is 6.62. The van der Waals surface area contributed by atoms with Crippen molar-refractivity contribution in [3.05, 3.63) is 43.0 Å². The standard InChI is InChI=1S/C19H22N2O2/c1-4-16(22)21-15-12-13-10-11-19(15,18(13,2)3)17(23)20(21)14-8-6-5-7-9-14/h4-9,13,15H,1,10-12H2,2-3H3/t13-,15-,19+/m1/s1. The van der Waals surface area contributed by atoms with Gasteiger partial charge in [-0.2, -0.15) is 0 Å². The van der Waals surface area contributed by atoms with Gasteiger partial charge >= 0.3 is 0 Å². The predicted octanol–water partition coefficient (Wildman–Crippen LogP) is 3.16. The van der Waals surface area contributed by atoms with Crippen molar-refractivity contribution < 1.29 is 9.59 Å². The van der Waals surface area contributed by atoms with E-state index in [1.165, 1.54) is 6.08 Å². The molecule has 4 rings (SSSR count). The Balaban J connectivity index is 1.89. The van der Waals surface area contributed by atoms with Gasteiger partial charge in [-0.3, -0.25) is 9.59 Å². The summed E-state index contributed by atoms with van der Waals surface area (Å²) in [5.41, 5.74) is 0.236. The van der Waals surface area contributed by atoms with Gasteiger partial charge in [0.2, 0.25) is 0 Å². The number of hydrazine groups is 1. The Morgan fingerprint density at radius 1 is 1.30 bits per heavy atom. The highest BCUT2D eigenvalue weighted by Gasteiger charge is 2.75. The summed E-state index contributed by atoms with van der Waals surface area (Å²) in [7, 11) is 0. The molecule has 2 bridgehead atoms. The number of rotatable bonds is 2. The second kappa shape index (κ2) is 4.47. The number of carbonyl (C=O) groups is 2. The zero-order chi connectivity index (χ0) is 16.4. The highest BCUT2D eigenvalue weighted by Crippen LogP contribution is 2.70. The Labute approximate surface area is 136 Å². The van der Waals surface area contributed by atoms with Crippen molar-refractivity contribution in [1.29, 1.82) is 0 Å². The van der Waals surface area contributed by atoms with Gasteiger partial charge in [-0.1, -0.05) is 38.6 Å². The van der Waals surface area contributed by atoms with Crippen LogP contribution in [0.4, 0.5) is 5.69 Å². The van der Waals surface area contributed by atoms with Crippen LogP contribution in [0.15, 0.2) is 43.0 Å². The summed E-state index contributed by atoms with van der Waals surface area (Å²) in [4.78, 5) is 26.1. The molecule has 23 heavy (non-hydrogen) atoms. The first kappa shape index (κ1) is 14.5. The van der Waals surface area contributed by atoms with Gasteiger partial charge in [0.1, 0.15) is 0 Å². The maximum atomic E-state index is 13.5. The molecule has 120 valence electrons. The molecule has 0 radical (unpaired) electrons. The first-order valence-electron chi connectivity index (χ1n) is 8.30.